The third-order valence-corrected chi connectivity index (χ3v) is 3.73. The highest BCUT2D eigenvalue weighted by Gasteiger charge is 2.10. The monoisotopic (exact) mass is 321 g/mol. The average Bonchev–Trinajstić information content (AvgIpc) is 2.62. The molecule has 122 valence electrons. The maximum Gasteiger partial charge on any atom is 0.255 e. The maximum absolute atomic E-state index is 12.5. The van der Waals surface area contributed by atoms with Gasteiger partial charge in [-0.3, -0.25) is 4.79 Å². The Kier molecular flexibility index (Phi) is 4.66. The molecule has 0 fully saturated rings. The zero-order valence-corrected chi connectivity index (χ0v) is 13.7. The summed E-state index contributed by atoms with van der Waals surface area (Å²) in [5.41, 5.74) is 1.27. The molecule has 0 spiro atoms. The van der Waals surface area contributed by atoms with E-state index in [4.69, 9.17) is 9.47 Å². The lowest BCUT2D eigenvalue weighted by atomic mass is 10.1. The maximum atomic E-state index is 12.5. The number of hydrogen-bond donors (Lipinski definition) is 1. The van der Waals surface area contributed by atoms with Gasteiger partial charge in [0, 0.05) is 17.3 Å². The Bertz CT molecular complexity index is 874. The van der Waals surface area contributed by atoms with Crippen molar-refractivity contribution in [2.75, 3.05) is 19.0 Å². The van der Waals surface area contributed by atoms with E-state index in [0.717, 1.165) is 10.8 Å². The molecule has 0 bridgehead atoms. The number of methoxy groups -OCH3 is 1. The lowest BCUT2D eigenvalue weighted by Gasteiger charge is -2.12. The number of rotatable bonds is 5. The summed E-state index contributed by atoms with van der Waals surface area (Å²) in [7, 11) is 1.58. The molecule has 0 aliphatic carbocycles. The van der Waals surface area contributed by atoms with Crippen LogP contribution in [0.5, 0.6) is 11.5 Å². The van der Waals surface area contributed by atoms with E-state index < -0.39 is 0 Å². The molecule has 3 rings (SSSR count). The molecule has 1 amide bonds. The largest absolute Gasteiger partial charge is 0.493 e. The number of hydrogen-bond acceptors (Lipinski definition) is 3. The van der Waals surface area contributed by atoms with Crippen molar-refractivity contribution in [3.63, 3.8) is 0 Å². The van der Waals surface area contributed by atoms with Gasteiger partial charge in [0.15, 0.2) is 11.5 Å². The summed E-state index contributed by atoms with van der Waals surface area (Å²) >= 11 is 0. The minimum absolute atomic E-state index is 0.160. The first-order chi connectivity index (χ1) is 11.7. The van der Waals surface area contributed by atoms with Crippen molar-refractivity contribution in [1.29, 1.82) is 0 Å². The highest BCUT2D eigenvalue weighted by atomic mass is 16.5. The van der Waals surface area contributed by atoms with E-state index in [9.17, 15) is 4.79 Å². The Hall–Kier alpha value is -3.01. The van der Waals surface area contributed by atoms with Gasteiger partial charge < -0.3 is 14.8 Å². The molecule has 3 aromatic carbocycles. The molecular weight excluding hydrogens is 302 g/mol. The molecule has 0 aliphatic rings. The van der Waals surface area contributed by atoms with Crippen LogP contribution in [0.15, 0.2) is 60.7 Å². The summed E-state index contributed by atoms with van der Waals surface area (Å²) in [4.78, 5) is 12.5. The lowest BCUT2D eigenvalue weighted by Crippen LogP contribution is -2.12. The Labute approximate surface area is 141 Å². The van der Waals surface area contributed by atoms with Gasteiger partial charge in [-0.05, 0) is 42.0 Å². The van der Waals surface area contributed by atoms with Gasteiger partial charge in [0.25, 0.3) is 5.91 Å². The molecule has 4 heteroatoms. The number of carbonyl (C=O) groups excluding carboxylic acids is 1. The topological polar surface area (TPSA) is 47.6 Å². The minimum Gasteiger partial charge on any atom is -0.493 e. The fourth-order valence-electron chi connectivity index (χ4n) is 2.55. The fraction of sp³-hybridized carbons (Fsp3) is 0.150. The predicted molar refractivity (Wildman–Crippen MR) is 96.1 cm³/mol. The number of fused-ring (bicyclic) bond motifs is 1. The first-order valence-electron chi connectivity index (χ1n) is 7.82. The van der Waals surface area contributed by atoms with Crippen molar-refractivity contribution in [3.8, 4) is 11.5 Å². The van der Waals surface area contributed by atoms with Crippen LogP contribution < -0.4 is 14.8 Å². The molecule has 0 atom stereocenters. The van der Waals surface area contributed by atoms with Crippen LogP contribution in [0.2, 0.25) is 0 Å². The number of nitrogens with one attached hydrogen (secondary N) is 1. The van der Waals surface area contributed by atoms with Gasteiger partial charge >= 0.3 is 0 Å². The Morgan fingerprint density at radius 2 is 1.75 bits per heavy atom. The van der Waals surface area contributed by atoms with Crippen LogP contribution >= 0.6 is 0 Å². The van der Waals surface area contributed by atoms with Crippen LogP contribution in [0.3, 0.4) is 0 Å². The summed E-state index contributed by atoms with van der Waals surface area (Å²) in [5, 5.41) is 5.04. The SMILES string of the molecule is CCOc1ccc(NC(=O)c2ccc3ccccc3c2)cc1OC. The van der Waals surface area contributed by atoms with Crippen molar-refractivity contribution >= 4 is 22.4 Å². The van der Waals surface area contributed by atoms with Crippen LogP contribution in [-0.2, 0) is 0 Å². The number of benzene rings is 3. The fourth-order valence-corrected chi connectivity index (χ4v) is 2.55. The number of carbonyl (C=O) groups is 1. The molecule has 0 aromatic heterocycles. The van der Waals surface area contributed by atoms with E-state index in [1.54, 1.807) is 25.3 Å². The number of ether oxygens (including phenoxy) is 2. The first-order valence-corrected chi connectivity index (χ1v) is 7.82. The third kappa shape index (κ3) is 3.33. The van der Waals surface area contributed by atoms with E-state index in [1.807, 2.05) is 49.4 Å². The lowest BCUT2D eigenvalue weighted by molar-refractivity contribution is 0.102. The van der Waals surface area contributed by atoms with E-state index in [0.29, 0.717) is 29.4 Å². The second-order valence-electron chi connectivity index (χ2n) is 5.31. The van der Waals surface area contributed by atoms with Crippen molar-refractivity contribution in [3.05, 3.63) is 66.2 Å². The quantitative estimate of drug-likeness (QED) is 0.752. The summed E-state index contributed by atoms with van der Waals surface area (Å²) in [6.07, 6.45) is 0. The zero-order valence-electron chi connectivity index (χ0n) is 13.7. The van der Waals surface area contributed by atoms with E-state index in [-0.39, 0.29) is 5.91 Å². The predicted octanol–water partition coefficient (Wildman–Crippen LogP) is 4.50. The second-order valence-corrected chi connectivity index (χ2v) is 5.31. The Balaban J connectivity index is 1.82. The van der Waals surface area contributed by atoms with E-state index >= 15 is 0 Å². The molecule has 0 unspecified atom stereocenters. The van der Waals surface area contributed by atoms with Crippen molar-refractivity contribution < 1.29 is 14.3 Å². The molecule has 0 heterocycles. The van der Waals surface area contributed by atoms with Crippen LogP contribution in [0.25, 0.3) is 10.8 Å². The smallest absolute Gasteiger partial charge is 0.255 e. The van der Waals surface area contributed by atoms with Crippen LogP contribution in [0, 0.1) is 0 Å². The van der Waals surface area contributed by atoms with Gasteiger partial charge in [-0.25, -0.2) is 0 Å². The molecule has 3 aromatic rings. The van der Waals surface area contributed by atoms with Crippen LogP contribution in [0.4, 0.5) is 5.69 Å². The highest BCUT2D eigenvalue weighted by molar-refractivity contribution is 6.06. The molecule has 0 aliphatic heterocycles. The van der Waals surface area contributed by atoms with Gasteiger partial charge in [-0.15, -0.1) is 0 Å². The summed E-state index contributed by atoms with van der Waals surface area (Å²) < 4.78 is 10.8. The van der Waals surface area contributed by atoms with Crippen LogP contribution in [-0.4, -0.2) is 19.6 Å². The van der Waals surface area contributed by atoms with Crippen LogP contribution in [0.1, 0.15) is 17.3 Å². The van der Waals surface area contributed by atoms with Gasteiger partial charge in [0.05, 0.1) is 13.7 Å². The van der Waals surface area contributed by atoms with Gasteiger partial charge in [0.1, 0.15) is 0 Å². The number of amides is 1. The Morgan fingerprint density at radius 1 is 0.958 bits per heavy atom. The highest BCUT2D eigenvalue weighted by Crippen LogP contribution is 2.30. The van der Waals surface area contributed by atoms with Gasteiger partial charge in [-0.2, -0.15) is 0 Å². The molecular formula is C20H19NO3. The number of anilines is 1. The standard InChI is InChI=1S/C20H19NO3/c1-3-24-18-11-10-17(13-19(18)23-2)21-20(22)16-9-8-14-6-4-5-7-15(14)12-16/h4-13H,3H2,1-2H3,(H,21,22). The van der Waals surface area contributed by atoms with E-state index in [2.05, 4.69) is 5.32 Å². The van der Waals surface area contributed by atoms with Gasteiger partial charge in [-0.1, -0.05) is 30.3 Å². The van der Waals surface area contributed by atoms with Crippen molar-refractivity contribution in [2.45, 2.75) is 6.92 Å². The first kappa shape index (κ1) is 15.9. The molecule has 24 heavy (non-hydrogen) atoms. The minimum atomic E-state index is -0.160. The summed E-state index contributed by atoms with van der Waals surface area (Å²) in [5.74, 6) is 1.09. The normalized spacial score (nSPS) is 10.4. The van der Waals surface area contributed by atoms with Gasteiger partial charge in [0.2, 0.25) is 0 Å². The second kappa shape index (κ2) is 7.04. The molecule has 4 nitrogen and oxygen atoms in total. The summed E-state index contributed by atoms with van der Waals surface area (Å²) in [6, 6.07) is 19.0. The van der Waals surface area contributed by atoms with Crippen molar-refractivity contribution in [1.82, 2.24) is 0 Å². The van der Waals surface area contributed by atoms with E-state index in [1.165, 1.54) is 0 Å². The molecule has 0 saturated carbocycles. The van der Waals surface area contributed by atoms with Crippen molar-refractivity contribution in [2.24, 2.45) is 0 Å². The summed E-state index contributed by atoms with van der Waals surface area (Å²) in [6.45, 7) is 2.47. The Morgan fingerprint density at radius 3 is 2.50 bits per heavy atom. The zero-order chi connectivity index (χ0) is 16.9. The molecule has 1 N–H and O–H groups in total. The molecule has 0 saturated heterocycles. The third-order valence-electron chi connectivity index (χ3n) is 3.73. The molecule has 0 radical (unpaired) electrons. The average molecular weight is 321 g/mol.